The van der Waals surface area contributed by atoms with E-state index >= 15 is 0 Å². The van der Waals surface area contributed by atoms with Gasteiger partial charge < -0.3 is 14.7 Å². The summed E-state index contributed by atoms with van der Waals surface area (Å²) in [5.74, 6) is -0.804. The van der Waals surface area contributed by atoms with Crippen molar-refractivity contribution < 1.29 is 18.9 Å². The molecule has 3 aromatic rings. The molecule has 0 saturated carbocycles. The fourth-order valence-electron chi connectivity index (χ4n) is 4.57. The second kappa shape index (κ2) is 10.6. The molecule has 0 aliphatic carbocycles. The third kappa shape index (κ3) is 5.19. The fourth-order valence-corrected chi connectivity index (χ4v) is 4.57. The Labute approximate surface area is 208 Å². The maximum absolute atomic E-state index is 13.6. The molecule has 1 atom stereocenters. The van der Waals surface area contributed by atoms with Crippen LogP contribution in [-0.4, -0.2) is 59.8 Å². The minimum absolute atomic E-state index is 0.0257. The number of carbonyl (C=O) groups is 2. The molecule has 0 bridgehead atoms. The predicted molar refractivity (Wildman–Crippen MR) is 134 cm³/mol. The van der Waals surface area contributed by atoms with Crippen LogP contribution in [0.1, 0.15) is 34.5 Å². The van der Waals surface area contributed by atoms with Crippen LogP contribution in [0.5, 0.6) is 0 Å². The van der Waals surface area contributed by atoms with Crippen molar-refractivity contribution in [3.63, 3.8) is 0 Å². The zero-order chi connectivity index (χ0) is 25.8. The van der Waals surface area contributed by atoms with Gasteiger partial charge in [0.05, 0.1) is 11.0 Å². The first-order valence-corrected chi connectivity index (χ1v) is 11.6. The molecule has 0 N–H and O–H groups in total. The van der Waals surface area contributed by atoms with Crippen molar-refractivity contribution >= 4 is 23.2 Å². The minimum Gasteiger partial charge on any atom is -0.362 e. The van der Waals surface area contributed by atoms with E-state index in [1.54, 1.807) is 36.2 Å². The highest BCUT2D eigenvalue weighted by molar-refractivity contribution is 5.96. The molecule has 36 heavy (non-hydrogen) atoms. The largest absolute Gasteiger partial charge is 0.362 e. The molecule has 8 nitrogen and oxygen atoms in total. The molecule has 0 spiro atoms. The third-order valence-corrected chi connectivity index (χ3v) is 6.49. The van der Waals surface area contributed by atoms with Gasteiger partial charge in [-0.1, -0.05) is 42.5 Å². The van der Waals surface area contributed by atoms with Crippen LogP contribution >= 0.6 is 0 Å². The SMILES string of the molecule is CC(=O)N1CCN(c2ccc(C(=O)N(C)C(c3ccccc3)c3ccc(F)cc3)cc2[N+](=O)[O-])CC1. The van der Waals surface area contributed by atoms with E-state index in [0.29, 0.717) is 37.4 Å². The predicted octanol–water partition coefficient (Wildman–Crippen LogP) is 4.26. The molecule has 4 rings (SSSR count). The van der Waals surface area contributed by atoms with Gasteiger partial charge in [0.25, 0.3) is 11.6 Å². The Bertz CT molecular complexity index is 1260. The number of nitro groups is 1. The van der Waals surface area contributed by atoms with Gasteiger partial charge >= 0.3 is 0 Å². The van der Waals surface area contributed by atoms with Crippen LogP contribution in [0, 0.1) is 15.9 Å². The van der Waals surface area contributed by atoms with Crippen molar-refractivity contribution in [2.24, 2.45) is 0 Å². The highest BCUT2D eigenvalue weighted by Gasteiger charge is 2.29. The van der Waals surface area contributed by atoms with Gasteiger partial charge in [-0.05, 0) is 35.4 Å². The highest BCUT2D eigenvalue weighted by Crippen LogP contribution is 2.33. The lowest BCUT2D eigenvalue weighted by atomic mass is 9.96. The van der Waals surface area contributed by atoms with Crippen LogP contribution in [0.3, 0.4) is 0 Å². The number of nitrogens with zero attached hydrogens (tertiary/aromatic N) is 4. The van der Waals surface area contributed by atoms with E-state index in [1.165, 1.54) is 30.0 Å². The highest BCUT2D eigenvalue weighted by atomic mass is 19.1. The number of hydrogen-bond acceptors (Lipinski definition) is 5. The molecular formula is C27H27FN4O4. The Balaban J connectivity index is 1.64. The minimum atomic E-state index is -0.516. The summed E-state index contributed by atoms with van der Waals surface area (Å²) >= 11 is 0. The average Bonchev–Trinajstić information content (AvgIpc) is 2.89. The molecule has 3 aromatic carbocycles. The number of carbonyl (C=O) groups excluding carboxylic acids is 2. The van der Waals surface area contributed by atoms with Gasteiger partial charge in [0, 0.05) is 51.8 Å². The van der Waals surface area contributed by atoms with Gasteiger partial charge in [-0.3, -0.25) is 19.7 Å². The summed E-state index contributed by atoms with van der Waals surface area (Å²) in [5.41, 5.74) is 1.98. The Morgan fingerprint density at radius 3 is 2.14 bits per heavy atom. The number of hydrogen-bond donors (Lipinski definition) is 0. The summed E-state index contributed by atoms with van der Waals surface area (Å²) in [4.78, 5) is 41.7. The first-order valence-electron chi connectivity index (χ1n) is 11.6. The van der Waals surface area contributed by atoms with Crippen molar-refractivity contribution in [1.82, 2.24) is 9.80 Å². The van der Waals surface area contributed by atoms with E-state index in [1.807, 2.05) is 35.2 Å². The monoisotopic (exact) mass is 490 g/mol. The lowest BCUT2D eigenvalue weighted by Crippen LogP contribution is -2.48. The maximum Gasteiger partial charge on any atom is 0.293 e. The van der Waals surface area contributed by atoms with Crippen molar-refractivity contribution in [2.75, 3.05) is 38.1 Å². The average molecular weight is 491 g/mol. The van der Waals surface area contributed by atoms with Crippen LogP contribution < -0.4 is 4.90 Å². The van der Waals surface area contributed by atoms with Crippen molar-refractivity contribution in [1.29, 1.82) is 0 Å². The van der Waals surface area contributed by atoms with E-state index in [-0.39, 0.29) is 23.0 Å². The lowest BCUT2D eigenvalue weighted by Gasteiger charge is -2.35. The van der Waals surface area contributed by atoms with Crippen LogP contribution in [-0.2, 0) is 4.79 Å². The molecule has 1 saturated heterocycles. The summed E-state index contributed by atoms with van der Waals surface area (Å²) in [6.07, 6.45) is 0. The van der Waals surface area contributed by atoms with Crippen LogP contribution in [0.25, 0.3) is 0 Å². The second-order valence-electron chi connectivity index (χ2n) is 8.73. The van der Waals surface area contributed by atoms with E-state index < -0.39 is 16.9 Å². The molecule has 1 fully saturated rings. The maximum atomic E-state index is 13.6. The molecule has 0 aromatic heterocycles. The van der Waals surface area contributed by atoms with E-state index in [0.717, 1.165) is 5.56 Å². The third-order valence-electron chi connectivity index (χ3n) is 6.49. The quantitative estimate of drug-likeness (QED) is 0.381. The van der Waals surface area contributed by atoms with Crippen molar-refractivity contribution in [3.8, 4) is 0 Å². The van der Waals surface area contributed by atoms with Crippen LogP contribution in [0.4, 0.5) is 15.8 Å². The molecule has 2 amide bonds. The Hall–Kier alpha value is -4.27. The van der Waals surface area contributed by atoms with Gasteiger partial charge in [-0.25, -0.2) is 4.39 Å². The van der Waals surface area contributed by atoms with Crippen molar-refractivity contribution in [2.45, 2.75) is 13.0 Å². The van der Waals surface area contributed by atoms with Gasteiger partial charge in [0.2, 0.25) is 5.91 Å². The summed E-state index contributed by atoms with van der Waals surface area (Å²) < 4.78 is 13.6. The second-order valence-corrected chi connectivity index (χ2v) is 8.73. The summed E-state index contributed by atoms with van der Waals surface area (Å²) in [7, 11) is 1.63. The lowest BCUT2D eigenvalue weighted by molar-refractivity contribution is -0.384. The van der Waals surface area contributed by atoms with Gasteiger partial charge in [-0.15, -0.1) is 0 Å². The number of benzene rings is 3. The molecule has 9 heteroatoms. The normalized spacial score (nSPS) is 14.3. The standard InChI is InChI=1S/C27H27FN4O4/c1-19(33)30-14-16-31(17-15-30)24-13-10-22(18-25(24)32(35)36)27(34)29(2)26(20-6-4-3-5-7-20)21-8-11-23(28)12-9-21/h3-13,18,26H,14-17H2,1-2H3. The van der Waals surface area contributed by atoms with Gasteiger partial charge in [-0.2, -0.15) is 0 Å². The number of rotatable bonds is 6. The van der Waals surface area contributed by atoms with E-state index in [4.69, 9.17) is 0 Å². The molecular weight excluding hydrogens is 463 g/mol. The Kier molecular flexibility index (Phi) is 7.28. The van der Waals surface area contributed by atoms with Crippen molar-refractivity contribution in [3.05, 3.63) is 105 Å². The topological polar surface area (TPSA) is 87.0 Å². The Morgan fingerprint density at radius 2 is 1.56 bits per heavy atom. The van der Waals surface area contributed by atoms with E-state index in [2.05, 4.69) is 0 Å². The number of piperazine rings is 1. The summed E-state index contributed by atoms with van der Waals surface area (Å²) in [5, 5.41) is 11.9. The molecule has 1 heterocycles. The molecule has 0 radical (unpaired) electrons. The number of halogens is 1. The summed E-state index contributed by atoms with van der Waals surface area (Å²) in [6, 6.07) is 19.3. The Morgan fingerprint density at radius 1 is 0.944 bits per heavy atom. The number of amides is 2. The zero-order valence-corrected chi connectivity index (χ0v) is 20.1. The van der Waals surface area contributed by atoms with Gasteiger partial charge in [0.15, 0.2) is 0 Å². The zero-order valence-electron chi connectivity index (χ0n) is 20.1. The van der Waals surface area contributed by atoms with Crippen LogP contribution in [0.2, 0.25) is 0 Å². The first-order chi connectivity index (χ1) is 17.3. The van der Waals surface area contributed by atoms with Crippen LogP contribution in [0.15, 0.2) is 72.8 Å². The molecule has 1 aliphatic heterocycles. The number of nitro benzene ring substituents is 1. The number of anilines is 1. The fraction of sp³-hybridized carbons (Fsp3) is 0.259. The summed E-state index contributed by atoms with van der Waals surface area (Å²) in [6.45, 7) is 3.39. The first kappa shape index (κ1) is 24.8. The molecule has 186 valence electrons. The smallest absolute Gasteiger partial charge is 0.293 e. The van der Waals surface area contributed by atoms with Gasteiger partial charge in [0.1, 0.15) is 11.5 Å². The molecule has 1 unspecified atom stereocenters. The van der Waals surface area contributed by atoms with E-state index in [9.17, 15) is 24.1 Å². The molecule has 1 aliphatic rings.